The predicted molar refractivity (Wildman–Crippen MR) is 92.8 cm³/mol. The van der Waals surface area contributed by atoms with E-state index in [0.29, 0.717) is 0 Å². The second-order valence-corrected chi connectivity index (χ2v) is 6.86. The summed E-state index contributed by atoms with van der Waals surface area (Å²) in [5.41, 5.74) is 9.91. The smallest absolute Gasteiger partial charge is 0.0738 e. The van der Waals surface area contributed by atoms with Gasteiger partial charge in [0.25, 0.3) is 0 Å². The van der Waals surface area contributed by atoms with E-state index >= 15 is 0 Å². The van der Waals surface area contributed by atoms with E-state index < -0.39 is 0 Å². The summed E-state index contributed by atoms with van der Waals surface area (Å²) in [6, 6.07) is 8.42. The van der Waals surface area contributed by atoms with Gasteiger partial charge in [-0.25, -0.2) is 0 Å². The molecule has 0 bridgehead atoms. The molecule has 2 aromatic heterocycles. The van der Waals surface area contributed by atoms with Crippen molar-refractivity contribution in [3.05, 3.63) is 51.1 Å². The summed E-state index contributed by atoms with van der Waals surface area (Å²) in [4.78, 5) is 0. The fourth-order valence-corrected chi connectivity index (χ4v) is 4.14. The first-order valence-corrected chi connectivity index (χ1v) is 8.72. The molecular weight excluding hydrogens is 346 g/mol. The summed E-state index contributed by atoms with van der Waals surface area (Å²) in [7, 11) is 0. The molecule has 1 atom stereocenters. The molecular formula is C16H18BrN3S. The Hall–Kier alpha value is -1.17. The largest absolute Gasteiger partial charge is 0.324 e. The fraction of sp³-hybridized carbons (Fsp3) is 0.312. The lowest BCUT2D eigenvalue weighted by molar-refractivity contribution is 0.588. The van der Waals surface area contributed by atoms with Crippen LogP contribution in [0.1, 0.15) is 29.9 Å². The van der Waals surface area contributed by atoms with E-state index in [-0.39, 0.29) is 6.04 Å². The quantitative estimate of drug-likeness (QED) is 0.744. The van der Waals surface area contributed by atoms with Crippen molar-refractivity contribution in [2.45, 2.75) is 32.9 Å². The second-order valence-electron chi connectivity index (χ2n) is 5.16. The minimum atomic E-state index is -0.0150. The van der Waals surface area contributed by atoms with E-state index in [4.69, 9.17) is 5.73 Å². The molecule has 5 heteroatoms. The molecule has 0 saturated heterocycles. The standard InChI is InChI=1S/C16H18BrN3S/c1-3-20-14(16(17)10(2)19-20)8-13(18)12-9-21-15-7-5-4-6-11(12)15/h4-7,9,13H,3,8,18H2,1-2H3. The number of hydrogen-bond acceptors (Lipinski definition) is 3. The van der Waals surface area contributed by atoms with E-state index in [9.17, 15) is 0 Å². The molecule has 3 nitrogen and oxygen atoms in total. The number of thiophene rings is 1. The minimum Gasteiger partial charge on any atom is -0.324 e. The van der Waals surface area contributed by atoms with Crippen LogP contribution in [-0.4, -0.2) is 9.78 Å². The Labute approximate surface area is 136 Å². The molecule has 0 saturated carbocycles. The zero-order valence-electron chi connectivity index (χ0n) is 12.1. The summed E-state index contributed by atoms with van der Waals surface area (Å²) in [5.74, 6) is 0. The highest BCUT2D eigenvalue weighted by Gasteiger charge is 2.18. The Morgan fingerprint density at radius 2 is 2.14 bits per heavy atom. The average molecular weight is 364 g/mol. The molecule has 0 aliphatic rings. The number of nitrogens with two attached hydrogens (primary N) is 1. The maximum Gasteiger partial charge on any atom is 0.0738 e. The maximum absolute atomic E-state index is 6.48. The fourth-order valence-electron chi connectivity index (χ4n) is 2.67. The number of rotatable bonds is 4. The van der Waals surface area contributed by atoms with Crippen LogP contribution < -0.4 is 5.73 Å². The van der Waals surface area contributed by atoms with Crippen LogP contribution in [0, 0.1) is 6.92 Å². The first kappa shape index (κ1) is 14.8. The van der Waals surface area contributed by atoms with Crippen molar-refractivity contribution in [1.29, 1.82) is 0 Å². The Morgan fingerprint density at radius 1 is 1.38 bits per heavy atom. The van der Waals surface area contributed by atoms with Gasteiger partial charge in [-0.1, -0.05) is 18.2 Å². The van der Waals surface area contributed by atoms with Crippen LogP contribution >= 0.6 is 27.3 Å². The van der Waals surface area contributed by atoms with Crippen LogP contribution in [0.25, 0.3) is 10.1 Å². The molecule has 110 valence electrons. The van der Waals surface area contributed by atoms with E-state index in [1.807, 2.05) is 11.6 Å². The van der Waals surface area contributed by atoms with E-state index in [1.165, 1.54) is 21.3 Å². The van der Waals surface area contributed by atoms with Crippen molar-refractivity contribution in [3.8, 4) is 0 Å². The summed E-state index contributed by atoms with van der Waals surface area (Å²) in [5, 5.41) is 7.99. The summed E-state index contributed by atoms with van der Waals surface area (Å²) >= 11 is 5.41. The number of aromatic nitrogens is 2. The third-order valence-electron chi connectivity index (χ3n) is 3.78. The minimum absolute atomic E-state index is 0.0150. The SMILES string of the molecule is CCn1nc(C)c(Br)c1CC(N)c1csc2ccccc12. The van der Waals surface area contributed by atoms with Crippen molar-refractivity contribution in [3.63, 3.8) is 0 Å². The molecule has 0 amide bonds. The van der Waals surface area contributed by atoms with Gasteiger partial charge in [-0.2, -0.15) is 5.10 Å². The molecule has 2 N–H and O–H groups in total. The molecule has 2 heterocycles. The highest BCUT2D eigenvalue weighted by Crippen LogP contribution is 2.32. The number of aryl methyl sites for hydroxylation is 2. The third kappa shape index (κ3) is 2.65. The number of nitrogens with zero attached hydrogens (tertiary/aromatic N) is 2. The van der Waals surface area contributed by atoms with Gasteiger partial charge in [-0.15, -0.1) is 11.3 Å². The van der Waals surface area contributed by atoms with Gasteiger partial charge in [0.2, 0.25) is 0 Å². The molecule has 0 fully saturated rings. The first-order valence-electron chi connectivity index (χ1n) is 7.05. The van der Waals surface area contributed by atoms with Gasteiger partial charge in [-0.05, 0) is 52.2 Å². The number of fused-ring (bicyclic) bond motifs is 1. The molecule has 0 spiro atoms. The Morgan fingerprint density at radius 3 is 2.90 bits per heavy atom. The van der Waals surface area contributed by atoms with E-state index in [1.54, 1.807) is 11.3 Å². The lowest BCUT2D eigenvalue weighted by Gasteiger charge is -2.13. The Bertz CT molecular complexity index is 775. The highest BCUT2D eigenvalue weighted by atomic mass is 79.9. The van der Waals surface area contributed by atoms with Crippen molar-refractivity contribution < 1.29 is 0 Å². The van der Waals surface area contributed by atoms with Gasteiger partial charge < -0.3 is 5.73 Å². The first-order chi connectivity index (χ1) is 10.1. The van der Waals surface area contributed by atoms with Crippen molar-refractivity contribution in [2.75, 3.05) is 0 Å². The molecule has 0 aliphatic carbocycles. The van der Waals surface area contributed by atoms with Crippen LogP contribution in [0.2, 0.25) is 0 Å². The molecule has 0 radical (unpaired) electrons. The van der Waals surface area contributed by atoms with Gasteiger partial charge >= 0.3 is 0 Å². The normalized spacial score (nSPS) is 13.0. The van der Waals surface area contributed by atoms with Gasteiger partial charge in [0.15, 0.2) is 0 Å². The molecule has 1 aromatic carbocycles. The van der Waals surface area contributed by atoms with Crippen LogP contribution in [0.15, 0.2) is 34.1 Å². The summed E-state index contributed by atoms with van der Waals surface area (Å²) in [6.45, 7) is 4.98. The predicted octanol–water partition coefficient (Wildman–Crippen LogP) is 4.43. The topological polar surface area (TPSA) is 43.8 Å². The van der Waals surface area contributed by atoms with Crippen molar-refractivity contribution >= 4 is 37.4 Å². The number of hydrogen-bond donors (Lipinski definition) is 1. The van der Waals surface area contributed by atoms with Gasteiger partial charge in [0.05, 0.1) is 15.9 Å². The summed E-state index contributed by atoms with van der Waals surface area (Å²) < 4.78 is 4.41. The zero-order valence-corrected chi connectivity index (χ0v) is 14.5. The van der Waals surface area contributed by atoms with Gasteiger partial charge in [0, 0.05) is 23.7 Å². The molecule has 1 unspecified atom stereocenters. The summed E-state index contributed by atoms with van der Waals surface area (Å²) in [6.07, 6.45) is 0.788. The van der Waals surface area contributed by atoms with Crippen molar-refractivity contribution in [1.82, 2.24) is 9.78 Å². The Kier molecular flexibility index (Phi) is 4.15. The number of halogens is 1. The number of benzene rings is 1. The van der Waals surface area contributed by atoms with Gasteiger partial charge in [-0.3, -0.25) is 4.68 Å². The van der Waals surface area contributed by atoms with E-state index in [0.717, 1.165) is 23.1 Å². The highest BCUT2D eigenvalue weighted by molar-refractivity contribution is 9.10. The lowest BCUT2D eigenvalue weighted by atomic mass is 10.0. The molecule has 21 heavy (non-hydrogen) atoms. The van der Waals surface area contributed by atoms with Gasteiger partial charge in [0.1, 0.15) is 0 Å². The van der Waals surface area contributed by atoms with E-state index in [2.05, 4.69) is 57.6 Å². The van der Waals surface area contributed by atoms with Crippen LogP contribution in [-0.2, 0) is 13.0 Å². The van der Waals surface area contributed by atoms with Crippen LogP contribution in [0.5, 0.6) is 0 Å². The zero-order chi connectivity index (χ0) is 15.0. The van der Waals surface area contributed by atoms with Crippen LogP contribution in [0.4, 0.5) is 0 Å². The molecule has 0 aliphatic heterocycles. The molecule has 3 aromatic rings. The van der Waals surface area contributed by atoms with Crippen LogP contribution in [0.3, 0.4) is 0 Å². The maximum atomic E-state index is 6.48. The lowest BCUT2D eigenvalue weighted by Crippen LogP contribution is -2.16. The Balaban J connectivity index is 1.95. The average Bonchev–Trinajstić information content (AvgIpc) is 3.03. The van der Waals surface area contributed by atoms with Crippen molar-refractivity contribution in [2.24, 2.45) is 5.73 Å². The third-order valence-corrected chi connectivity index (χ3v) is 5.79. The monoisotopic (exact) mass is 363 g/mol. The molecule has 3 rings (SSSR count). The second kappa shape index (κ2) is 5.91.